The number of nitrogens with zero attached hydrogens (tertiary/aromatic N) is 2. The maximum absolute atomic E-state index is 13.0. The molecule has 0 spiro atoms. The van der Waals surface area contributed by atoms with E-state index in [2.05, 4.69) is 10.4 Å². The Morgan fingerprint density at radius 3 is 2.50 bits per heavy atom. The first kappa shape index (κ1) is 17.7. The predicted molar refractivity (Wildman–Crippen MR) is 92.1 cm³/mol. The van der Waals surface area contributed by atoms with Crippen molar-refractivity contribution in [2.45, 2.75) is 19.5 Å². The molecule has 0 aliphatic heterocycles. The van der Waals surface area contributed by atoms with Crippen molar-refractivity contribution in [3.63, 3.8) is 0 Å². The van der Waals surface area contributed by atoms with Gasteiger partial charge in [-0.05, 0) is 36.8 Å². The monoisotopic (exact) mass is 359 g/mol. The van der Waals surface area contributed by atoms with Crippen molar-refractivity contribution in [2.75, 3.05) is 5.32 Å². The summed E-state index contributed by atoms with van der Waals surface area (Å²) in [6, 6.07) is 12.2. The van der Waals surface area contributed by atoms with E-state index in [0.717, 1.165) is 23.3 Å². The summed E-state index contributed by atoms with van der Waals surface area (Å²) < 4.78 is 40.5. The second kappa shape index (κ2) is 7.03. The van der Waals surface area contributed by atoms with Crippen molar-refractivity contribution in [3.05, 3.63) is 77.6 Å². The zero-order chi connectivity index (χ0) is 18.7. The molecule has 1 aromatic heterocycles. The Labute approximate surface area is 148 Å². The molecule has 1 heterocycles. The van der Waals surface area contributed by atoms with Crippen molar-refractivity contribution in [3.8, 4) is 5.69 Å². The number of halogens is 3. The Morgan fingerprint density at radius 2 is 1.88 bits per heavy atom. The van der Waals surface area contributed by atoms with Gasteiger partial charge in [0.25, 0.3) is 0 Å². The van der Waals surface area contributed by atoms with E-state index in [1.54, 1.807) is 12.3 Å². The van der Waals surface area contributed by atoms with E-state index in [4.69, 9.17) is 0 Å². The molecule has 2 aromatic carbocycles. The Kier molecular flexibility index (Phi) is 4.79. The molecule has 4 nitrogen and oxygen atoms in total. The largest absolute Gasteiger partial charge is 0.416 e. The van der Waals surface area contributed by atoms with E-state index < -0.39 is 17.6 Å². The fourth-order valence-corrected chi connectivity index (χ4v) is 2.51. The summed E-state index contributed by atoms with van der Waals surface area (Å²) in [5.41, 5.74) is 1.42. The van der Waals surface area contributed by atoms with Crippen LogP contribution in [0.5, 0.6) is 0 Å². The van der Waals surface area contributed by atoms with Gasteiger partial charge >= 0.3 is 6.18 Å². The highest BCUT2D eigenvalue weighted by molar-refractivity contribution is 5.94. The minimum Gasteiger partial charge on any atom is -0.324 e. The number of hydrogen-bond donors (Lipinski definition) is 1. The van der Waals surface area contributed by atoms with E-state index in [0.29, 0.717) is 5.69 Å². The van der Waals surface area contributed by atoms with Crippen LogP contribution in [0.1, 0.15) is 16.7 Å². The van der Waals surface area contributed by atoms with Crippen LogP contribution in [-0.4, -0.2) is 15.7 Å². The standard InChI is InChI=1S/C19H16F3N3O/c1-13-3-5-14(6-4-13)11-18(26)24-16-12-15(19(20,21)22)7-8-17(16)25-10-2-9-23-25/h2-10,12H,11H2,1H3,(H,24,26). The van der Waals surface area contributed by atoms with Crippen molar-refractivity contribution in [1.82, 2.24) is 9.78 Å². The number of rotatable bonds is 4. The van der Waals surface area contributed by atoms with Gasteiger partial charge in [0.2, 0.25) is 5.91 Å². The van der Waals surface area contributed by atoms with Crippen LogP contribution in [0.2, 0.25) is 0 Å². The number of carbonyl (C=O) groups is 1. The van der Waals surface area contributed by atoms with Gasteiger partial charge in [0.1, 0.15) is 0 Å². The Bertz CT molecular complexity index is 901. The number of aryl methyl sites for hydroxylation is 1. The Balaban J connectivity index is 1.88. The molecular weight excluding hydrogens is 343 g/mol. The number of amides is 1. The molecule has 26 heavy (non-hydrogen) atoms. The van der Waals surface area contributed by atoms with Gasteiger partial charge in [-0.25, -0.2) is 4.68 Å². The summed E-state index contributed by atoms with van der Waals surface area (Å²) in [4.78, 5) is 12.3. The minimum atomic E-state index is -4.50. The first-order valence-electron chi connectivity index (χ1n) is 7.89. The zero-order valence-electron chi connectivity index (χ0n) is 13.9. The van der Waals surface area contributed by atoms with Crippen molar-refractivity contribution in [1.29, 1.82) is 0 Å². The number of benzene rings is 2. The molecule has 1 amide bonds. The molecule has 0 atom stereocenters. The van der Waals surface area contributed by atoms with Crippen LogP contribution >= 0.6 is 0 Å². The van der Waals surface area contributed by atoms with Gasteiger partial charge in [-0.1, -0.05) is 29.8 Å². The van der Waals surface area contributed by atoms with E-state index >= 15 is 0 Å². The van der Waals surface area contributed by atoms with Crippen LogP contribution in [0, 0.1) is 6.92 Å². The molecule has 0 unspecified atom stereocenters. The molecular formula is C19H16F3N3O. The molecule has 0 radical (unpaired) electrons. The number of alkyl halides is 3. The number of nitrogens with one attached hydrogen (secondary N) is 1. The van der Waals surface area contributed by atoms with Gasteiger partial charge in [-0.3, -0.25) is 4.79 Å². The highest BCUT2D eigenvalue weighted by Gasteiger charge is 2.31. The summed E-state index contributed by atoms with van der Waals surface area (Å²) in [6.07, 6.45) is -1.33. The van der Waals surface area contributed by atoms with Crippen LogP contribution in [0.3, 0.4) is 0 Å². The van der Waals surface area contributed by atoms with Crippen LogP contribution in [0.25, 0.3) is 5.69 Å². The van der Waals surface area contributed by atoms with Gasteiger partial charge in [0.05, 0.1) is 23.4 Å². The lowest BCUT2D eigenvalue weighted by molar-refractivity contribution is -0.137. The number of aromatic nitrogens is 2. The van der Waals surface area contributed by atoms with Gasteiger partial charge < -0.3 is 5.32 Å². The van der Waals surface area contributed by atoms with Gasteiger partial charge in [0, 0.05) is 12.4 Å². The molecule has 0 fully saturated rings. The second-order valence-electron chi connectivity index (χ2n) is 5.89. The number of hydrogen-bond acceptors (Lipinski definition) is 2. The summed E-state index contributed by atoms with van der Waals surface area (Å²) in [6.45, 7) is 1.93. The SMILES string of the molecule is Cc1ccc(CC(=O)Nc2cc(C(F)(F)F)ccc2-n2cccn2)cc1. The molecule has 0 aliphatic rings. The lowest BCUT2D eigenvalue weighted by Gasteiger charge is -2.15. The molecule has 3 rings (SSSR count). The van der Waals surface area contributed by atoms with E-state index in [1.807, 2.05) is 31.2 Å². The highest BCUT2D eigenvalue weighted by atomic mass is 19.4. The second-order valence-corrected chi connectivity index (χ2v) is 5.89. The molecule has 0 saturated heterocycles. The molecule has 0 saturated carbocycles. The lowest BCUT2D eigenvalue weighted by Crippen LogP contribution is -2.17. The quantitative estimate of drug-likeness (QED) is 0.751. The summed E-state index contributed by atoms with van der Waals surface area (Å²) >= 11 is 0. The fraction of sp³-hybridized carbons (Fsp3) is 0.158. The molecule has 0 bridgehead atoms. The normalized spacial score (nSPS) is 11.4. The molecule has 3 aromatic rings. The lowest BCUT2D eigenvalue weighted by atomic mass is 10.1. The summed E-state index contributed by atoms with van der Waals surface area (Å²) in [5.74, 6) is -0.401. The zero-order valence-corrected chi connectivity index (χ0v) is 13.9. The van der Waals surface area contributed by atoms with Crippen molar-refractivity contribution < 1.29 is 18.0 Å². The average molecular weight is 359 g/mol. The topological polar surface area (TPSA) is 46.9 Å². The Morgan fingerprint density at radius 1 is 1.15 bits per heavy atom. The summed E-state index contributed by atoms with van der Waals surface area (Å²) in [5, 5.41) is 6.60. The summed E-state index contributed by atoms with van der Waals surface area (Å²) in [7, 11) is 0. The van der Waals surface area contributed by atoms with Gasteiger partial charge in [0.15, 0.2) is 0 Å². The van der Waals surface area contributed by atoms with E-state index in [-0.39, 0.29) is 12.1 Å². The maximum Gasteiger partial charge on any atom is 0.416 e. The van der Waals surface area contributed by atoms with Crippen LogP contribution in [0.4, 0.5) is 18.9 Å². The molecule has 7 heteroatoms. The first-order valence-corrected chi connectivity index (χ1v) is 7.89. The predicted octanol–water partition coefficient (Wildman–Crippen LogP) is 4.38. The van der Waals surface area contributed by atoms with Gasteiger partial charge in [-0.15, -0.1) is 0 Å². The van der Waals surface area contributed by atoms with Crippen LogP contribution < -0.4 is 5.32 Å². The maximum atomic E-state index is 13.0. The average Bonchev–Trinajstić information content (AvgIpc) is 3.10. The third-order valence-corrected chi connectivity index (χ3v) is 3.83. The minimum absolute atomic E-state index is 0.0561. The number of anilines is 1. The number of carbonyl (C=O) groups excluding carboxylic acids is 1. The Hall–Kier alpha value is -3.09. The van der Waals surface area contributed by atoms with Crippen molar-refractivity contribution >= 4 is 11.6 Å². The molecule has 1 N–H and O–H groups in total. The van der Waals surface area contributed by atoms with Crippen LogP contribution in [-0.2, 0) is 17.4 Å². The smallest absolute Gasteiger partial charge is 0.324 e. The van der Waals surface area contributed by atoms with Crippen LogP contribution in [0.15, 0.2) is 60.9 Å². The first-order chi connectivity index (χ1) is 12.3. The molecule has 134 valence electrons. The third-order valence-electron chi connectivity index (χ3n) is 3.83. The van der Waals surface area contributed by atoms with Gasteiger partial charge in [-0.2, -0.15) is 18.3 Å². The van der Waals surface area contributed by atoms with E-state index in [9.17, 15) is 18.0 Å². The third kappa shape index (κ3) is 4.11. The molecule has 0 aliphatic carbocycles. The van der Waals surface area contributed by atoms with E-state index in [1.165, 1.54) is 16.9 Å². The fourth-order valence-electron chi connectivity index (χ4n) is 2.51. The highest BCUT2D eigenvalue weighted by Crippen LogP contribution is 2.33. The van der Waals surface area contributed by atoms with Crippen molar-refractivity contribution in [2.24, 2.45) is 0 Å².